The Labute approximate surface area is 98.2 Å². The Morgan fingerprint density at radius 1 is 1.19 bits per heavy atom. The van der Waals surface area contributed by atoms with E-state index in [2.05, 4.69) is 0 Å². The highest BCUT2D eigenvalue weighted by Crippen LogP contribution is 2.30. The minimum Gasteiger partial charge on any atom is -0.383 e. The summed E-state index contributed by atoms with van der Waals surface area (Å²) in [6, 6.07) is 6.45. The number of thiophene rings is 1. The maximum Gasteiger partial charge on any atom is 0.123 e. The second-order valence-electron chi connectivity index (χ2n) is 3.87. The topological polar surface area (TPSA) is 20.2 Å². The second kappa shape index (κ2) is 4.36. The fourth-order valence-corrected chi connectivity index (χ4v) is 2.68. The van der Waals surface area contributed by atoms with Gasteiger partial charge in [-0.3, -0.25) is 0 Å². The van der Waals surface area contributed by atoms with E-state index in [0.717, 1.165) is 21.6 Å². The summed E-state index contributed by atoms with van der Waals surface area (Å²) in [5.41, 5.74) is 2.62. The van der Waals surface area contributed by atoms with Gasteiger partial charge in [-0.15, -0.1) is 11.3 Å². The third-order valence-electron chi connectivity index (χ3n) is 2.68. The molecule has 16 heavy (non-hydrogen) atoms. The first kappa shape index (κ1) is 11.3. The maximum absolute atomic E-state index is 13.0. The summed E-state index contributed by atoms with van der Waals surface area (Å²) in [4.78, 5) is 0.926. The maximum atomic E-state index is 13.0. The van der Waals surface area contributed by atoms with Crippen LogP contribution in [-0.2, 0) is 0 Å². The van der Waals surface area contributed by atoms with Crippen molar-refractivity contribution in [1.82, 2.24) is 0 Å². The Kier molecular flexibility index (Phi) is 3.08. The first-order chi connectivity index (χ1) is 7.59. The first-order valence-corrected chi connectivity index (χ1v) is 5.95. The summed E-state index contributed by atoms with van der Waals surface area (Å²) >= 11 is 1.52. The van der Waals surface area contributed by atoms with Crippen LogP contribution >= 0.6 is 11.3 Å². The lowest BCUT2D eigenvalue weighted by atomic mass is 10.0. The molecule has 3 heteroatoms. The van der Waals surface area contributed by atoms with E-state index < -0.39 is 6.10 Å². The molecule has 0 aliphatic rings. The molecule has 0 saturated heterocycles. The van der Waals surface area contributed by atoms with Crippen molar-refractivity contribution in [3.8, 4) is 0 Å². The van der Waals surface area contributed by atoms with Crippen LogP contribution in [0.3, 0.4) is 0 Å². The number of hydrogen-bond donors (Lipinski definition) is 1. The van der Waals surface area contributed by atoms with Gasteiger partial charge in [0, 0.05) is 4.88 Å². The number of rotatable bonds is 2. The first-order valence-electron chi connectivity index (χ1n) is 5.07. The highest BCUT2D eigenvalue weighted by atomic mass is 32.1. The monoisotopic (exact) mass is 236 g/mol. The summed E-state index contributed by atoms with van der Waals surface area (Å²) in [5, 5.41) is 12.2. The van der Waals surface area contributed by atoms with E-state index in [1.165, 1.54) is 23.5 Å². The van der Waals surface area contributed by atoms with Crippen LogP contribution in [0.1, 0.15) is 27.7 Å². The van der Waals surface area contributed by atoms with Crippen molar-refractivity contribution in [2.75, 3.05) is 0 Å². The van der Waals surface area contributed by atoms with Crippen molar-refractivity contribution < 1.29 is 9.50 Å². The molecule has 2 aromatic rings. The number of hydrogen-bond acceptors (Lipinski definition) is 2. The smallest absolute Gasteiger partial charge is 0.123 e. The van der Waals surface area contributed by atoms with Crippen LogP contribution in [0.4, 0.5) is 4.39 Å². The molecule has 0 amide bonds. The molecule has 0 aliphatic heterocycles. The number of aliphatic hydroxyl groups excluding tert-OH is 1. The van der Waals surface area contributed by atoms with Gasteiger partial charge in [0.1, 0.15) is 11.9 Å². The Bertz CT molecular complexity index is 504. The lowest BCUT2D eigenvalue weighted by Crippen LogP contribution is -2.01. The van der Waals surface area contributed by atoms with Gasteiger partial charge in [-0.25, -0.2) is 4.39 Å². The standard InChI is InChI=1S/C13H13FOS/c1-8-5-6-16-13(8)12(15)11-4-3-10(14)7-9(11)2/h3-7,12,15H,1-2H3. The van der Waals surface area contributed by atoms with Gasteiger partial charge in [0.25, 0.3) is 0 Å². The minimum absolute atomic E-state index is 0.267. The van der Waals surface area contributed by atoms with E-state index >= 15 is 0 Å². The fraction of sp³-hybridized carbons (Fsp3) is 0.231. The number of aliphatic hydroxyl groups is 1. The number of halogens is 1. The molecule has 0 aliphatic carbocycles. The van der Waals surface area contributed by atoms with Crippen LogP contribution in [0.5, 0.6) is 0 Å². The largest absolute Gasteiger partial charge is 0.383 e. The van der Waals surface area contributed by atoms with E-state index in [1.54, 1.807) is 6.07 Å². The zero-order valence-electron chi connectivity index (χ0n) is 9.20. The molecule has 2 rings (SSSR count). The van der Waals surface area contributed by atoms with Gasteiger partial charge in [-0.05, 0) is 54.1 Å². The third-order valence-corrected chi connectivity index (χ3v) is 3.75. The summed E-state index contributed by atoms with van der Waals surface area (Å²) in [6.45, 7) is 3.78. The molecule has 1 N–H and O–H groups in total. The van der Waals surface area contributed by atoms with Crippen LogP contribution < -0.4 is 0 Å². The van der Waals surface area contributed by atoms with Gasteiger partial charge >= 0.3 is 0 Å². The van der Waals surface area contributed by atoms with Gasteiger partial charge < -0.3 is 5.11 Å². The average Bonchev–Trinajstić information content (AvgIpc) is 2.63. The SMILES string of the molecule is Cc1cc(F)ccc1C(O)c1sccc1C. The van der Waals surface area contributed by atoms with E-state index in [0.29, 0.717) is 0 Å². The Morgan fingerprint density at radius 2 is 1.94 bits per heavy atom. The lowest BCUT2D eigenvalue weighted by molar-refractivity contribution is 0.222. The van der Waals surface area contributed by atoms with Gasteiger partial charge in [0.05, 0.1) is 0 Å². The van der Waals surface area contributed by atoms with Crippen LogP contribution in [0.15, 0.2) is 29.6 Å². The van der Waals surface area contributed by atoms with E-state index in [1.807, 2.05) is 25.3 Å². The quantitative estimate of drug-likeness (QED) is 0.845. The van der Waals surface area contributed by atoms with Crippen LogP contribution in [0.25, 0.3) is 0 Å². The predicted octanol–water partition coefficient (Wildman–Crippen LogP) is 3.59. The minimum atomic E-state index is -0.652. The van der Waals surface area contributed by atoms with E-state index in [4.69, 9.17) is 0 Å². The van der Waals surface area contributed by atoms with Crippen molar-refractivity contribution >= 4 is 11.3 Å². The van der Waals surface area contributed by atoms with Crippen molar-refractivity contribution in [3.63, 3.8) is 0 Å². The normalized spacial score (nSPS) is 12.8. The highest BCUT2D eigenvalue weighted by molar-refractivity contribution is 7.10. The molecule has 1 heterocycles. The average molecular weight is 236 g/mol. The molecular formula is C13H13FOS. The van der Waals surface area contributed by atoms with Crippen molar-refractivity contribution in [3.05, 3.63) is 57.0 Å². The lowest BCUT2D eigenvalue weighted by Gasteiger charge is -2.13. The zero-order valence-corrected chi connectivity index (χ0v) is 10.0. The van der Waals surface area contributed by atoms with Crippen molar-refractivity contribution in [2.24, 2.45) is 0 Å². The molecule has 1 aromatic carbocycles. The summed E-state index contributed by atoms with van der Waals surface area (Å²) in [7, 11) is 0. The van der Waals surface area contributed by atoms with Gasteiger partial charge in [0.2, 0.25) is 0 Å². The van der Waals surface area contributed by atoms with Gasteiger partial charge in [0.15, 0.2) is 0 Å². The van der Waals surface area contributed by atoms with Crippen molar-refractivity contribution in [1.29, 1.82) is 0 Å². The molecule has 0 saturated carbocycles. The van der Waals surface area contributed by atoms with Crippen molar-refractivity contribution in [2.45, 2.75) is 20.0 Å². The molecule has 1 aromatic heterocycles. The molecular weight excluding hydrogens is 223 g/mol. The molecule has 1 unspecified atom stereocenters. The molecule has 1 atom stereocenters. The molecule has 1 nitrogen and oxygen atoms in total. The zero-order chi connectivity index (χ0) is 11.7. The molecule has 0 radical (unpaired) electrons. The van der Waals surface area contributed by atoms with Crippen LogP contribution in [-0.4, -0.2) is 5.11 Å². The molecule has 0 spiro atoms. The summed E-state index contributed by atoms with van der Waals surface area (Å²) in [6.07, 6.45) is -0.652. The molecule has 0 bridgehead atoms. The van der Waals surface area contributed by atoms with Crippen LogP contribution in [0, 0.1) is 19.7 Å². The van der Waals surface area contributed by atoms with E-state index in [-0.39, 0.29) is 5.82 Å². The third kappa shape index (κ3) is 2.01. The Hall–Kier alpha value is -1.19. The number of benzene rings is 1. The van der Waals surface area contributed by atoms with Crippen LogP contribution in [0.2, 0.25) is 0 Å². The van der Waals surface area contributed by atoms with Gasteiger partial charge in [-0.2, -0.15) is 0 Å². The van der Waals surface area contributed by atoms with Gasteiger partial charge in [-0.1, -0.05) is 6.07 Å². The highest BCUT2D eigenvalue weighted by Gasteiger charge is 2.16. The van der Waals surface area contributed by atoms with E-state index in [9.17, 15) is 9.50 Å². The molecule has 84 valence electrons. The molecule has 0 fully saturated rings. The Morgan fingerprint density at radius 3 is 2.50 bits per heavy atom. The number of aryl methyl sites for hydroxylation is 2. The second-order valence-corrected chi connectivity index (χ2v) is 4.82. The Balaban J connectivity index is 2.41. The summed E-state index contributed by atoms with van der Waals surface area (Å²) < 4.78 is 13.0. The predicted molar refractivity (Wildman–Crippen MR) is 64.3 cm³/mol. The summed E-state index contributed by atoms with van der Waals surface area (Å²) in [5.74, 6) is -0.267. The fourth-order valence-electron chi connectivity index (χ4n) is 1.75.